The molecule has 1 aromatic rings. The molecule has 0 radical (unpaired) electrons. The van der Waals surface area contributed by atoms with Gasteiger partial charge in [-0.2, -0.15) is 0 Å². The minimum Gasteiger partial charge on any atom is -0.480 e. The second-order valence-electron chi connectivity index (χ2n) is 4.56. The third-order valence-electron chi connectivity index (χ3n) is 3.07. The van der Waals surface area contributed by atoms with Gasteiger partial charge in [0.1, 0.15) is 0 Å². The van der Waals surface area contributed by atoms with Crippen molar-refractivity contribution in [2.24, 2.45) is 0 Å². The Balaban J connectivity index is 2.62. The lowest BCUT2D eigenvalue weighted by atomic mass is 10.0. The van der Waals surface area contributed by atoms with Crippen molar-refractivity contribution in [1.82, 2.24) is 4.90 Å². The van der Waals surface area contributed by atoms with Crippen LogP contribution in [-0.4, -0.2) is 35.6 Å². The monoisotopic (exact) mass is 235 g/mol. The number of carbonyl (C=O) groups is 1. The fraction of sp³-hybridized carbons (Fsp3) is 0.500. The van der Waals surface area contributed by atoms with E-state index in [-0.39, 0.29) is 12.6 Å². The van der Waals surface area contributed by atoms with E-state index in [1.54, 1.807) is 0 Å². The van der Waals surface area contributed by atoms with Crippen LogP contribution < -0.4 is 0 Å². The number of rotatable bonds is 6. The van der Waals surface area contributed by atoms with E-state index in [4.69, 9.17) is 5.11 Å². The first-order chi connectivity index (χ1) is 8.02. The Morgan fingerprint density at radius 2 is 1.94 bits per heavy atom. The molecule has 1 N–H and O–H groups in total. The molecule has 3 heteroatoms. The van der Waals surface area contributed by atoms with Crippen LogP contribution in [-0.2, 0) is 11.2 Å². The van der Waals surface area contributed by atoms with Crippen LogP contribution in [0.3, 0.4) is 0 Å². The van der Waals surface area contributed by atoms with E-state index < -0.39 is 5.97 Å². The lowest BCUT2D eigenvalue weighted by Gasteiger charge is -2.25. The molecular weight excluding hydrogens is 214 g/mol. The molecule has 0 aromatic heterocycles. The van der Waals surface area contributed by atoms with E-state index in [1.807, 2.05) is 11.9 Å². The molecule has 0 fully saturated rings. The molecule has 0 heterocycles. The van der Waals surface area contributed by atoms with Crippen molar-refractivity contribution in [3.63, 3.8) is 0 Å². The zero-order valence-corrected chi connectivity index (χ0v) is 10.8. The van der Waals surface area contributed by atoms with Crippen LogP contribution in [0.5, 0.6) is 0 Å². The maximum Gasteiger partial charge on any atom is 0.317 e. The number of hydrogen-bond donors (Lipinski definition) is 1. The van der Waals surface area contributed by atoms with E-state index in [9.17, 15) is 4.79 Å². The van der Waals surface area contributed by atoms with E-state index >= 15 is 0 Å². The highest BCUT2D eigenvalue weighted by Crippen LogP contribution is 2.11. The summed E-state index contributed by atoms with van der Waals surface area (Å²) in [5.74, 6) is -0.769. The largest absolute Gasteiger partial charge is 0.480 e. The molecule has 0 bridgehead atoms. The van der Waals surface area contributed by atoms with Gasteiger partial charge in [0.15, 0.2) is 0 Å². The van der Waals surface area contributed by atoms with Gasteiger partial charge in [0.25, 0.3) is 0 Å². The lowest BCUT2D eigenvalue weighted by Crippen LogP contribution is -2.36. The van der Waals surface area contributed by atoms with E-state index in [1.165, 1.54) is 11.1 Å². The first-order valence-electron chi connectivity index (χ1n) is 6.00. The van der Waals surface area contributed by atoms with Gasteiger partial charge in [0.05, 0.1) is 6.54 Å². The van der Waals surface area contributed by atoms with E-state index in [0.29, 0.717) is 0 Å². The van der Waals surface area contributed by atoms with E-state index in [0.717, 1.165) is 12.8 Å². The fourth-order valence-electron chi connectivity index (χ4n) is 1.95. The van der Waals surface area contributed by atoms with Crippen LogP contribution in [0.15, 0.2) is 24.3 Å². The summed E-state index contributed by atoms with van der Waals surface area (Å²) in [6, 6.07) is 8.71. The summed E-state index contributed by atoms with van der Waals surface area (Å²) in [6.07, 6.45) is 1.86. The predicted molar refractivity (Wildman–Crippen MR) is 69.2 cm³/mol. The highest BCUT2D eigenvalue weighted by molar-refractivity contribution is 5.69. The third kappa shape index (κ3) is 4.57. The minimum atomic E-state index is -0.769. The molecule has 1 rings (SSSR count). The van der Waals surface area contributed by atoms with Gasteiger partial charge in [-0.05, 0) is 32.4 Å². The molecule has 0 saturated heterocycles. The number of nitrogens with zero attached hydrogens (tertiary/aromatic N) is 1. The topological polar surface area (TPSA) is 40.5 Å². The first kappa shape index (κ1) is 13.7. The molecule has 0 unspecified atom stereocenters. The van der Waals surface area contributed by atoms with Crippen LogP contribution in [0.1, 0.15) is 24.5 Å². The van der Waals surface area contributed by atoms with Gasteiger partial charge in [-0.1, -0.05) is 36.8 Å². The van der Waals surface area contributed by atoms with Gasteiger partial charge in [-0.15, -0.1) is 0 Å². The summed E-state index contributed by atoms with van der Waals surface area (Å²) < 4.78 is 0. The van der Waals surface area contributed by atoms with Crippen molar-refractivity contribution < 1.29 is 9.90 Å². The summed E-state index contributed by atoms with van der Waals surface area (Å²) in [4.78, 5) is 12.6. The molecule has 0 aliphatic heterocycles. The van der Waals surface area contributed by atoms with Gasteiger partial charge in [0, 0.05) is 6.04 Å². The number of carboxylic acids is 1. The average Bonchev–Trinajstić information content (AvgIpc) is 2.27. The van der Waals surface area contributed by atoms with Crippen molar-refractivity contribution in [2.45, 2.75) is 32.7 Å². The molecule has 0 saturated carbocycles. The summed E-state index contributed by atoms with van der Waals surface area (Å²) >= 11 is 0. The minimum absolute atomic E-state index is 0.102. The molecule has 17 heavy (non-hydrogen) atoms. The highest BCUT2D eigenvalue weighted by Gasteiger charge is 2.15. The van der Waals surface area contributed by atoms with Gasteiger partial charge in [-0.25, -0.2) is 0 Å². The summed E-state index contributed by atoms with van der Waals surface area (Å²) in [6.45, 7) is 4.26. The number of hydrogen-bond acceptors (Lipinski definition) is 2. The second kappa shape index (κ2) is 6.40. The Morgan fingerprint density at radius 1 is 1.35 bits per heavy atom. The fourth-order valence-corrected chi connectivity index (χ4v) is 1.95. The Morgan fingerprint density at radius 3 is 2.41 bits per heavy atom. The normalized spacial score (nSPS) is 12.7. The molecule has 0 amide bonds. The predicted octanol–water partition coefficient (Wildman–Crippen LogP) is 2.33. The first-order valence-corrected chi connectivity index (χ1v) is 6.00. The van der Waals surface area contributed by atoms with Crippen molar-refractivity contribution >= 4 is 5.97 Å². The summed E-state index contributed by atoms with van der Waals surface area (Å²) in [5, 5.41) is 8.79. The number of carboxylic acid groups (broad SMARTS) is 1. The molecule has 0 aliphatic carbocycles. The molecule has 1 aromatic carbocycles. The van der Waals surface area contributed by atoms with Crippen molar-refractivity contribution in [2.75, 3.05) is 13.6 Å². The molecular formula is C14H21NO2. The maximum atomic E-state index is 10.7. The third-order valence-corrected chi connectivity index (χ3v) is 3.07. The van der Waals surface area contributed by atoms with E-state index in [2.05, 4.69) is 38.1 Å². The SMILES string of the molecule is CC[C@@H](Cc1ccc(C)cc1)N(C)CC(=O)O. The summed E-state index contributed by atoms with van der Waals surface area (Å²) in [5.41, 5.74) is 2.51. The van der Waals surface area contributed by atoms with Gasteiger partial charge >= 0.3 is 5.97 Å². The van der Waals surface area contributed by atoms with Crippen molar-refractivity contribution in [1.29, 1.82) is 0 Å². The molecule has 0 spiro atoms. The molecule has 1 atom stereocenters. The molecule has 94 valence electrons. The lowest BCUT2D eigenvalue weighted by molar-refractivity contribution is -0.138. The Bertz CT molecular complexity index is 359. The Kier molecular flexibility index (Phi) is 5.16. The number of aryl methyl sites for hydroxylation is 1. The second-order valence-corrected chi connectivity index (χ2v) is 4.56. The number of likely N-dealkylation sites (N-methyl/N-ethyl adjacent to an activating group) is 1. The zero-order chi connectivity index (χ0) is 12.8. The summed E-state index contributed by atoms with van der Waals surface area (Å²) in [7, 11) is 1.87. The quantitative estimate of drug-likeness (QED) is 0.822. The van der Waals surface area contributed by atoms with Crippen LogP contribution in [0.4, 0.5) is 0 Å². The average molecular weight is 235 g/mol. The van der Waals surface area contributed by atoms with Crippen molar-refractivity contribution in [3.05, 3.63) is 35.4 Å². The van der Waals surface area contributed by atoms with Crippen LogP contribution >= 0.6 is 0 Å². The zero-order valence-electron chi connectivity index (χ0n) is 10.8. The Labute approximate surface area is 103 Å². The van der Waals surface area contributed by atoms with Crippen LogP contribution in [0.25, 0.3) is 0 Å². The van der Waals surface area contributed by atoms with Crippen LogP contribution in [0, 0.1) is 6.92 Å². The highest BCUT2D eigenvalue weighted by atomic mass is 16.4. The standard InChI is InChI=1S/C14H21NO2/c1-4-13(15(3)10-14(16)17)9-12-7-5-11(2)6-8-12/h5-8,13H,4,9-10H2,1-3H3,(H,16,17)/t13-/m0/s1. The number of aliphatic carboxylic acids is 1. The molecule has 3 nitrogen and oxygen atoms in total. The van der Waals surface area contributed by atoms with Gasteiger partial charge in [-0.3, -0.25) is 9.69 Å². The maximum absolute atomic E-state index is 10.7. The Hall–Kier alpha value is -1.35. The van der Waals surface area contributed by atoms with Gasteiger partial charge < -0.3 is 5.11 Å². The smallest absolute Gasteiger partial charge is 0.317 e. The molecule has 0 aliphatic rings. The number of benzene rings is 1. The van der Waals surface area contributed by atoms with Crippen molar-refractivity contribution in [3.8, 4) is 0 Å². The van der Waals surface area contributed by atoms with Gasteiger partial charge in [0.2, 0.25) is 0 Å². The van der Waals surface area contributed by atoms with Crippen LogP contribution in [0.2, 0.25) is 0 Å².